The summed E-state index contributed by atoms with van der Waals surface area (Å²) in [6.07, 6.45) is 0.740. The minimum atomic E-state index is -0.126. The molecule has 2 aromatic rings. The molecule has 0 aliphatic carbocycles. The Bertz CT molecular complexity index is 980. The van der Waals surface area contributed by atoms with E-state index in [2.05, 4.69) is 34.5 Å². The standard InChI is InChI=1S/C25H28Cl2N4O3/c26-19-5-1-17(2-6-19)24(18-3-7-20(27)8-4-18)29-11-13-30(14-12-29)25(33)31-10-9-22-21(15-31)28-23(32)16-34-22/h1-8,21-22,24H,9-16H2,(H,28,32). The predicted molar refractivity (Wildman–Crippen MR) is 131 cm³/mol. The van der Waals surface area contributed by atoms with Crippen molar-refractivity contribution < 1.29 is 14.3 Å². The molecule has 3 amide bonds. The van der Waals surface area contributed by atoms with E-state index in [1.54, 1.807) is 0 Å². The molecular formula is C25H28Cl2N4O3. The Balaban J connectivity index is 1.26. The first-order valence-corrected chi connectivity index (χ1v) is 12.4. The van der Waals surface area contributed by atoms with E-state index in [4.69, 9.17) is 27.9 Å². The molecule has 0 bridgehead atoms. The van der Waals surface area contributed by atoms with Crippen LogP contribution in [-0.4, -0.2) is 84.7 Å². The molecule has 9 heteroatoms. The van der Waals surface area contributed by atoms with Gasteiger partial charge in [-0.2, -0.15) is 0 Å². The van der Waals surface area contributed by atoms with Crippen molar-refractivity contribution in [2.75, 3.05) is 45.9 Å². The number of halogens is 2. The van der Waals surface area contributed by atoms with E-state index in [1.807, 2.05) is 34.1 Å². The molecule has 3 aliphatic rings. The summed E-state index contributed by atoms with van der Waals surface area (Å²) in [7, 11) is 0. The maximum atomic E-state index is 13.3. The van der Waals surface area contributed by atoms with Gasteiger partial charge in [-0.15, -0.1) is 0 Å². The van der Waals surface area contributed by atoms with Crippen molar-refractivity contribution in [3.05, 3.63) is 69.7 Å². The van der Waals surface area contributed by atoms with Crippen LogP contribution in [0.2, 0.25) is 10.0 Å². The van der Waals surface area contributed by atoms with Crippen molar-refractivity contribution in [3.63, 3.8) is 0 Å². The van der Waals surface area contributed by atoms with Crippen LogP contribution in [0.4, 0.5) is 4.79 Å². The van der Waals surface area contributed by atoms with Gasteiger partial charge in [-0.05, 0) is 41.8 Å². The highest BCUT2D eigenvalue weighted by Crippen LogP contribution is 2.31. The zero-order valence-corrected chi connectivity index (χ0v) is 20.3. The molecule has 0 saturated carbocycles. The zero-order chi connectivity index (χ0) is 23.7. The molecule has 5 rings (SSSR count). The quantitative estimate of drug-likeness (QED) is 0.698. The van der Waals surface area contributed by atoms with Gasteiger partial charge in [0.2, 0.25) is 5.91 Å². The topological polar surface area (TPSA) is 65.1 Å². The number of likely N-dealkylation sites (tertiary alicyclic amines) is 1. The minimum absolute atomic E-state index is 0.00175. The Hall–Kier alpha value is -2.32. The second kappa shape index (κ2) is 10.1. The normalized spacial score (nSPS) is 23.6. The van der Waals surface area contributed by atoms with Gasteiger partial charge in [0.15, 0.2) is 0 Å². The number of benzene rings is 2. The Morgan fingerprint density at radius 3 is 2.06 bits per heavy atom. The van der Waals surface area contributed by atoms with Crippen molar-refractivity contribution >= 4 is 35.1 Å². The van der Waals surface area contributed by atoms with E-state index >= 15 is 0 Å². The summed E-state index contributed by atoms with van der Waals surface area (Å²) in [4.78, 5) is 31.1. The fourth-order valence-electron chi connectivity index (χ4n) is 5.15. The number of urea groups is 1. The van der Waals surface area contributed by atoms with Crippen molar-refractivity contribution in [3.8, 4) is 0 Å². The number of rotatable bonds is 3. The van der Waals surface area contributed by atoms with E-state index < -0.39 is 0 Å². The molecule has 3 fully saturated rings. The smallest absolute Gasteiger partial charge is 0.320 e. The predicted octanol–water partition coefficient (Wildman–Crippen LogP) is 3.41. The summed E-state index contributed by atoms with van der Waals surface area (Å²) >= 11 is 12.3. The number of piperazine rings is 1. The van der Waals surface area contributed by atoms with Gasteiger partial charge in [-0.3, -0.25) is 9.69 Å². The number of ether oxygens (including phenoxy) is 1. The van der Waals surface area contributed by atoms with E-state index in [0.29, 0.717) is 36.2 Å². The molecule has 0 aromatic heterocycles. The summed E-state index contributed by atoms with van der Waals surface area (Å²) < 4.78 is 5.62. The third kappa shape index (κ3) is 5.03. The number of hydrogen-bond donors (Lipinski definition) is 1. The molecular weight excluding hydrogens is 475 g/mol. The van der Waals surface area contributed by atoms with Crippen molar-refractivity contribution in [2.24, 2.45) is 0 Å². The lowest BCUT2D eigenvalue weighted by molar-refractivity contribution is -0.139. The van der Waals surface area contributed by atoms with E-state index in [1.165, 1.54) is 0 Å². The number of amides is 3. The summed E-state index contributed by atoms with van der Waals surface area (Å²) in [5, 5.41) is 4.38. The molecule has 7 nitrogen and oxygen atoms in total. The lowest BCUT2D eigenvalue weighted by Gasteiger charge is -2.44. The summed E-state index contributed by atoms with van der Waals surface area (Å²) in [5.41, 5.74) is 2.31. The molecule has 3 aliphatic heterocycles. The second-order valence-electron chi connectivity index (χ2n) is 9.07. The molecule has 2 atom stereocenters. The third-order valence-electron chi connectivity index (χ3n) is 6.92. The average Bonchev–Trinajstić information content (AvgIpc) is 2.86. The van der Waals surface area contributed by atoms with Gasteiger partial charge in [0.1, 0.15) is 6.61 Å². The first kappa shape index (κ1) is 23.4. The Kier molecular flexibility index (Phi) is 6.97. The summed E-state index contributed by atoms with van der Waals surface area (Å²) in [5.74, 6) is -0.111. The summed E-state index contributed by atoms with van der Waals surface area (Å²) in [6.45, 7) is 4.04. The number of piperidine rings is 1. The van der Waals surface area contributed by atoms with Gasteiger partial charge in [0.05, 0.1) is 18.2 Å². The molecule has 34 heavy (non-hydrogen) atoms. The van der Waals surface area contributed by atoms with Crippen molar-refractivity contribution in [1.29, 1.82) is 0 Å². The molecule has 180 valence electrons. The molecule has 3 heterocycles. The van der Waals surface area contributed by atoms with Gasteiger partial charge >= 0.3 is 6.03 Å². The first-order chi connectivity index (χ1) is 16.5. The van der Waals surface area contributed by atoms with E-state index in [-0.39, 0.29) is 36.7 Å². The van der Waals surface area contributed by atoms with Crippen LogP contribution in [0.3, 0.4) is 0 Å². The number of hydrogen-bond acceptors (Lipinski definition) is 4. The van der Waals surface area contributed by atoms with Crippen LogP contribution in [0.1, 0.15) is 23.6 Å². The number of morpholine rings is 1. The Morgan fingerprint density at radius 1 is 0.882 bits per heavy atom. The third-order valence-corrected chi connectivity index (χ3v) is 7.42. The highest BCUT2D eigenvalue weighted by molar-refractivity contribution is 6.30. The largest absolute Gasteiger partial charge is 0.366 e. The van der Waals surface area contributed by atoms with Crippen LogP contribution < -0.4 is 5.32 Å². The number of carbonyl (C=O) groups is 2. The monoisotopic (exact) mass is 502 g/mol. The van der Waals surface area contributed by atoms with Gasteiger partial charge < -0.3 is 19.9 Å². The SMILES string of the molecule is O=C1COC2CCN(C(=O)N3CCN(C(c4ccc(Cl)cc4)c4ccc(Cl)cc4)CC3)CC2N1. The zero-order valence-electron chi connectivity index (χ0n) is 18.8. The molecule has 0 radical (unpaired) electrons. The molecule has 3 saturated heterocycles. The van der Waals surface area contributed by atoms with Gasteiger partial charge in [-0.25, -0.2) is 4.79 Å². The highest BCUT2D eigenvalue weighted by atomic mass is 35.5. The van der Waals surface area contributed by atoms with Crippen LogP contribution in [0, 0.1) is 0 Å². The molecule has 2 aromatic carbocycles. The fraction of sp³-hybridized carbons (Fsp3) is 0.440. The van der Waals surface area contributed by atoms with Crippen LogP contribution in [-0.2, 0) is 9.53 Å². The number of carbonyl (C=O) groups excluding carboxylic acids is 2. The van der Waals surface area contributed by atoms with Gasteiger partial charge in [-0.1, -0.05) is 47.5 Å². The van der Waals surface area contributed by atoms with Crippen molar-refractivity contribution in [1.82, 2.24) is 20.0 Å². The van der Waals surface area contributed by atoms with E-state index in [0.717, 1.165) is 30.6 Å². The van der Waals surface area contributed by atoms with Gasteiger partial charge in [0.25, 0.3) is 0 Å². The van der Waals surface area contributed by atoms with E-state index in [9.17, 15) is 9.59 Å². The van der Waals surface area contributed by atoms with Crippen molar-refractivity contribution in [2.45, 2.75) is 24.6 Å². The maximum Gasteiger partial charge on any atom is 0.320 e. The maximum absolute atomic E-state index is 13.3. The van der Waals surface area contributed by atoms with Crippen LogP contribution >= 0.6 is 23.2 Å². The highest BCUT2D eigenvalue weighted by Gasteiger charge is 2.38. The summed E-state index contributed by atoms with van der Waals surface area (Å²) in [6, 6.07) is 15.9. The fourth-order valence-corrected chi connectivity index (χ4v) is 5.40. The lowest BCUT2D eigenvalue weighted by atomic mass is 9.96. The molecule has 2 unspecified atom stereocenters. The second-order valence-corrected chi connectivity index (χ2v) is 9.94. The lowest BCUT2D eigenvalue weighted by Crippen LogP contribution is -2.63. The molecule has 1 N–H and O–H groups in total. The number of nitrogens with zero attached hydrogens (tertiary/aromatic N) is 3. The van der Waals surface area contributed by atoms with Crippen LogP contribution in [0.15, 0.2) is 48.5 Å². The van der Waals surface area contributed by atoms with Crippen LogP contribution in [0.5, 0.6) is 0 Å². The number of fused-ring (bicyclic) bond motifs is 1. The van der Waals surface area contributed by atoms with Gasteiger partial charge in [0, 0.05) is 49.3 Å². The first-order valence-electron chi connectivity index (χ1n) is 11.7. The number of nitrogens with one attached hydrogen (secondary N) is 1. The minimum Gasteiger partial charge on any atom is -0.366 e. The van der Waals surface area contributed by atoms with Crippen LogP contribution in [0.25, 0.3) is 0 Å². The Labute approximate surface area is 209 Å². The Morgan fingerprint density at radius 2 is 1.47 bits per heavy atom. The molecule has 0 spiro atoms. The average molecular weight is 503 g/mol.